The second kappa shape index (κ2) is 16.6. The van der Waals surface area contributed by atoms with E-state index < -0.39 is 36.3 Å². The molecule has 1 aliphatic carbocycles. The van der Waals surface area contributed by atoms with Crippen molar-refractivity contribution in [3.63, 3.8) is 0 Å². The van der Waals surface area contributed by atoms with Crippen molar-refractivity contribution in [2.24, 2.45) is 10.7 Å². The van der Waals surface area contributed by atoms with Crippen LogP contribution >= 0.6 is 0 Å². The number of ether oxygens (including phenoxy) is 3. The number of benzene rings is 4. The van der Waals surface area contributed by atoms with E-state index in [2.05, 4.69) is 10.3 Å². The van der Waals surface area contributed by atoms with Gasteiger partial charge in [-0.2, -0.15) is 0 Å². The Kier molecular flexibility index (Phi) is 11.6. The molecule has 0 saturated carbocycles. The fraction of sp³-hybridized carbons (Fsp3) is 0.216. The van der Waals surface area contributed by atoms with E-state index in [-0.39, 0.29) is 45.1 Å². The number of amides is 3. The number of hydrogen-bond donors (Lipinski definition) is 3. The van der Waals surface area contributed by atoms with E-state index in [1.165, 1.54) is 0 Å². The molecule has 0 unspecified atom stereocenters. The maximum Gasteiger partial charge on any atom is 0.426 e. The zero-order chi connectivity index (χ0) is 34.6. The van der Waals surface area contributed by atoms with Crippen LogP contribution in [-0.4, -0.2) is 59.4 Å². The Hall–Kier alpha value is -6.17. The third-order valence-corrected chi connectivity index (χ3v) is 7.86. The van der Waals surface area contributed by atoms with E-state index in [4.69, 9.17) is 19.9 Å². The van der Waals surface area contributed by atoms with Crippen molar-refractivity contribution in [1.82, 2.24) is 10.2 Å². The molecule has 0 fully saturated rings. The van der Waals surface area contributed by atoms with Crippen LogP contribution in [0.4, 0.5) is 14.4 Å². The number of aliphatic carboxylic acids is 1. The first-order valence-corrected chi connectivity index (χ1v) is 15.7. The summed E-state index contributed by atoms with van der Waals surface area (Å²) in [5.41, 5.74) is 11.6. The number of aliphatic imine (C=N–C) groups is 1. The summed E-state index contributed by atoms with van der Waals surface area (Å²) in [5, 5.41) is 12.2. The van der Waals surface area contributed by atoms with E-state index in [0.717, 1.165) is 22.3 Å². The van der Waals surface area contributed by atoms with Gasteiger partial charge in [-0.25, -0.2) is 19.2 Å². The van der Waals surface area contributed by atoms with Gasteiger partial charge in [0.25, 0.3) is 0 Å². The number of nitrogens with two attached hydrogens (primary N) is 1. The first kappa shape index (κ1) is 34.2. The first-order valence-electron chi connectivity index (χ1n) is 15.7. The fourth-order valence-corrected chi connectivity index (χ4v) is 5.43. The zero-order valence-electron chi connectivity index (χ0n) is 26.6. The second-order valence-corrected chi connectivity index (χ2v) is 11.2. The summed E-state index contributed by atoms with van der Waals surface area (Å²) in [7, 11) is 0. The highest BCUT2D eigenvalue weighted by Crippen LogP contribution is 2.44. The van der Waals surface area contributed by atoms with Crippen LogP contribution < -0.4 is 11.1 Å². The molecule has 1 aliphatic rings. The molecule has 0 bridgehead atoms. The lowest BCUT2D eigenvalue weighted by Crippen LogP contribution is -2.46. The normalized spacial score (nSPS) is 12.6. The van der Waals surface area contributed by atoms with E-state index >= 15 is 0 Å². The van der Waals surface area contributed by atoms with E-state index in [9.17, 15) is 24.3 Å². The van der Waals surface area contributed by atoms with E-state index in [1.807, 2.05) is 60.7 Å². The SMILES string of the molecule is NC(=NCCC[C@H](NC(=O)OCC1c2ccccc2-c2ccccc21)C(=O)O)N(C(=O)OCc1ccccc1)C(=O)OCc1ccccc1. The maximum atomic E-state index is 13.0. The molecule has 0 radical (unpaired) electrons. The predicted octanol–water partition coefficient (Wildman–Crippen LogP) is 6.05. The molecular weight excluding hydrogens is 628 g/mol. The Morgan fingerprint density at radius 1 is 0.735 bits per heavy atom. The number of carbonyl (C=O) groups excluding carboxylic acids is 3. The minimum Gasteiger partial charge on any atom is -0.480 e. The van der Waals surface area contributed by atoms with Gasteiger partial charge < -0.3 is 30.4 Å². The topological polar surface area (TPSA) is 170 Å². The molecule has 49 heavy (non-hydrogen) atoms. The third kappa shape index (κ3) is 9.01. The van der Waals surface area contributed by atoms with E-state index in [1.54, 1.807) is 48.5 Å². The number of carbonyl (C=O) groups is 4. The average molecular weight is 665 g/mol. The molecule has 4 aromatic carbocycles. The number of carboxylic acid groups (broad SMARTS) is 1. The van der Waals surface area contributed by atoms with Crippen LogP contribution in [0.5, 0.6) is 0 Å². The maximum absolute atomic E-state index is 13.0. The summed E-state index contributed by atoms with van der Waals surface area (Å²) in [6.45, 7) is -0.297. The molecule has 3 amide bonds. The van der Waals surface area contributed by atoms with Crippen molar-refractivity contribution in [1.29, 1.82) is 0 Å². The highest BCUT2D eigenvalue weighted by atomic mass is 16.6. The van der Waals surface area contributed by atoms with Gasteiger partial charge in [0, 0.05) is 12.5 Å². The van der Waals surface area contributed by atoms with Gasteiger partial charge in [0.2, 0.25) is 5.96 Å². The first-order chi connectivity index (χ1) is 23.8. The second-order valence-electron chi connectivity index (χ2n) is 11.2. The van der Waals surface area contributed by atoms with Crippen molar-refractivity contribution in [2.75, 3.05) is 13.2 Å². The minimum absolute atomic E-state index is 0.0314. The lowest BCUT2D eigenvalue weighted by molar-refractivity contribution is -0.139. The molecular formula is C37H36N4O8. The van der Waals surface area contributed by atoms with Gasteiger partial charge in [0.15, 0.2) is 0 Å². The number of nitrogens with one attached hydrogen (secondary N) is 1. The van der Waals surface area contributed by atoms with Crippen LogP contribution in [0.25, 0.3) is 11.1 Å². The molecule has 0 spiro atoms. The van der Waals surface area contributed by atoms with Crippen LogP contribution in [0.15, 0.2) is 114 Å². The molecule has 0 aliphatic heterocycles. The summed E-state index contributed by atoms with van der Waals surface area (Å²) in [5.74, 6) is -1.94. The summed E-state index contributed by atoms with van der Waals surface area (Å²) >= 11 is 0. The number of rotatable bonds is 12. The highest BCUT2D eigenvalue weighted by molar-refractivity contribution is 6.07. The van der Waals surface area contributed by atoms with Gasteiger partial charge in [-0.05, 0) is 46.2 Å². The van der Waals surface area contributed by atoms with Crippen LogP contribution in [0.1, 0.15) is 41.0 Å². The largest absolute Gasteiger partial charge is 0.480 e. The molecule has 252 valence electrons. The summed E-state index contributed by atoms with van der Waals surface area (Å²) in [4.78, 5) is 55.1. The van der Waals surface area contributed by atoms with Crippen LogP contribution in [0.3, 0.4) is 0 Å². The minimum atomic E-state index is -1.28. The number of hydrogen-bond acceptors (Lipinski definition) is 8. The number of fused-ring (bicyclic) bond motifs is 3. The molecule has 5 rings (SSSR count). The van der Waals surface area contributed by atoms with Crippen molar-refractivity contribution in [3.05, 3.63) is 131 Å². The summed E-state index contributed by atoms with van der Waals surface area (Å²) < 4.78 is 16.1. The Morgan fingerprint density at radius 3 is 1.73 bits per heavy atom. The number of nitrogens with zero attached hydrogens (tertiary/aromatic N) is 2. The Balaban J connectivity index is 1.15. The van der Waals surface area contributed by atoms with Gasteiger partial charge >= 0.3 is 24.2 Å². The Bertz CT molecular complexity index is 1700. The molecule has 0 aromatic heterocycles. The Labute approximate surface area is 283 Å². The summed E-state index contributed by atoms with van der Waals surface area (Å²) in [6.07, 6.45) is -2.96. The van der Waals surface area contributed by atoms with Gasteiger partial charge in [-0.15, -0.1) is 4.90 Å². The van der Waals surface area contributed by atoms with Crippen LogP contribution in [0.2, 0.25) is 0 Å². The fourth-order valence-electron chi connectivity index (χ4n) is 5.43. The van der Waals surface area contributed by atoms with Crippen molar-refractivity contribution >= 4 is 30.2 Å². The smallest absolute Gasteiger partial charge is 0.426 e. The van der Waals surface area contributed by atoms with Gasteiger partial charge in [-0.3, -0.25) is 4.99 Å². The molecule has 12 heteroatoms. The van der Waals surface area contributed by atoms with Gasteiger partial charge in [-0.1, -0.05) is 109 Å². The molecule has 0 heterocycles. The standard InChI is InChI=1S/C37H36N4O8/c38-34(41(36(45)48-22-25-12-3-1-4-13-25)37(46)49-23-26-14-5-2-6-15-26)39-21-11-20-32(33(42)43)40-35(44)47-24-31-29-18-9-7-16-27(29)28-17-8-10-19-30(28)31/h1-10,12-19,31-32H,11,20-24H2,(H2,38,39)(H,40,44)(H,42,43)/t32-/m0/s1. The average Bonchev–Trinajstić information content (AvgIpc) is 3.44. The Morgan fingerprint density at radius 2 is 1.22 bits per heavy atom. The van der Waals surface area contributed by atoms with Gasteiger partial charge in [0.1, 0.15) is 25.9 Å². The van der Waals surface area contributed by atoms with Crippen LogP contribution in [-0.2, 0) is 32.2 Å². The van der Waals surface area contributed by atoms with E-state index in [0.29, 0.717) is 16.0 Å². The molecule has 4 aromatic rings. The molecule has 0 saturated heterocycles. The molecule has 4 N–H and O–H groups in total. The van der Waals surface area contributed by atoms with Gasteiger partial charge in [0.05, 0.1) is 0 Å². The van der Waals surface area contributed by atoms with Crippen molar-refractivity contribution in [2.45, 2.75) is 38.0 Å². The lowest BCUT2D eigenvalue weighted by atomic mass is 9.98. The van der Waals surface area contributed by atoms with Crippen molar-refractivity contribution < 1.29 is 38.5 Å². The quantitative estimate of drug-likeness (QED) is 0.0706. The summed E-state index contributed by atoms with van der Waals surface area (Å²) in [6, 6.07) is 32.2. The number of imide groups is 1. The number of guanidine groups is 1. The number of alkyl carbamates (subject to hydrolysis) is 1. The highest BCUT2D eigenvalue weighted by Gasteiger charge is 2.31. The lowest BCUT2D eigenvalue weighted by Gasteiger charge is -2.19. The number of carboxylic acids is 1. The molecule has 12 nitrogen and oxygen atoms in total. The van der Waals surface area contributed by atoms with Crippen molar-refractivity contribution in [3.8, 4) is 11.1 Å². The molecule has 1 atom stereocenters. The zero-order valence-corrected chi connectivity index (χ0v) is 26.6. The third-order valence-electron chi connectivity index (χ3n) is 7.86. The monoisotopic (exact) mass is 664 g/mol. The van der Waals surface area contributed by atoms with Crippen LogP contribution in [0, 0.1) is 0 Å². The predicted molar refractivity (Wildman–Crippen MR) is 180 cm³/mol.